The normalized spacial score (nSPS) is 20.0. The van der Waals surface area contributed by atoms with Gasteiger partial charge in [-0.3, -0.25) is 24.7 Å². The molecule has 0 saturated carbocycles. The number of hydrogen-bond acceptors (Lipinski definition) is 14. The van der Waals surface area contributed by atoms with Gasteiger partial charge in [0.2, 0.25) is 23.6 Å². The van der Waals surface area contributed by atoms with Crippen molar-refractivity contribution in [1.82, 2.24) is 25.2 Å². The molecule has 2 N–H and O–H groups in total. The number of imide groups is 1. The lowest BCUT2D eigenvalue weighted by Gasteiger charge is -2.48. The van der Waals surface area contributed by atoms with E-state index in [-0.39, 0.29) is 28.7 Å². The van der Waals surface area contributed by atoms with E-state index >= 15 is 0 Å². The van der Waals surface area contributed by atoms with Gasteiger partial charge in [-0.2, -0.15) is 0 Å². The van der Waals surface area contributed by atoms with E-state index in [1.54, 1.807) is 11.1 Å². The molecule has 1 atom stereocenters. The first-order chi connectivity index (χ1) is 30.2. The van der Waals surface area contributed by atoms with Gasteiger partial charge in [-0.25, -0.2) is 28.2 Å². The molecule has 3 amide bonds. The SMILES string of the molecule is Cc1c(N2CCc3cnc(Nc4ccc(CS(=O)(=O)C5CCN(C6CN(c7ccc(C8CCC(=O)NC8=O)cc7)C6)CC5)cc4)nc3C2)cnc2c1N(C(=O)OC(C)(C)C)CCO2. The van der Waals surface area contributed by atoms with Crippen LogP contribution in [0.3, 0.4) is 0 Å². The summed E-state index contributed by atoms with van der Waals surface area (Å²) < 4.78 is 38.8. The summed E-state index contributed by atoms with van der Waals surface area (Å²) in [6, 6.07) is 15.9. The number of anilines is 5. The van der Waals surface area contributed by atoms with Gasteiger partial charge < -0.3 is 24.6 Å². The van der Waals surface area contributed by atoms with Crippen LogP contribution in [-0.4, -0.2) is 109 Å². The minimum absolute atomic E-state index is 0.00617. The smallest absolute Gasteiger partial charge is 0.415 e. The molecule has 7 heterocycles. The Hall–Kier alpha value is -5.81. The van der Waals surface area contributed by atoms with Crippen molar-refractivity contribution in [2.75, 3.05) is 65.9 Å². The Morgan fingerprint density at radius 3 is 2.38 bits per heavy atom. The fourth-order valence-electron chi connectivity index (χ4n) is 9.31. The van der Waals surface area contributed by atoms with Crippen LogP contribution in [0.15, 0.2) is 60.9 Å². The van der Waals surface area contributed by atoms with Gasteiger partial charge in [0, 0.05) is 55.2 Å². The Balaban J connectivity index is 0.761. The fraction of sp³-hybridized carbons (Fsp3) is 0.478. The highest BCUT2D eigenvalue weighted by Gasteiger charge is 2.38. The van der Waals surface area contributed by atoms with E-state index in [0.717, 1.165) is 84.2 Å². The molecular formula is C46H55N9O7S. The minimum Gasteiger partial charge on any atom is -0.474 e. The molecule has 17 heteroatoms. The number of likely N-dealkylation sites (tertiary alicyclic amines) is 1. The number of carbonyl (C=O) groups is 3. The Morgan fingerprint density at radius 2 is 1.67 bits per heavy atom. The Bertz CT molecular complexity index is 2500. The van der Waals surface area contributed by atoms with Gasteiger partial charge in [0.1, 0.15) is 17.9 Å². The minimum atomic E-state index is -3.35. The number of hydrogen-bond donors (Lipinski definition) is 2. The quantitative estimate of drug-likeness (QED) is 0.204. The lowest BCUT2D eigenvalue weighted by atomic mass is 9.90. The molecule has 3 saturated heterocycles. The number of sulfone groups is 1. The summed E-state index contributed by atoms with van der Waals surface area (Å²) in [6.45, 7) is 12.7. The van der Waals surface area contributed by atoms with E-state index in [0.29, 0.717) is 68.9 Å². The predicted molar refractivity (Wildman–Crippen MR) is 239 cm³/mol. The lowest BCUT2D eigenvalue weighted by Crippen LogP contribution is -2.61. The first-order valence-electron chi connectivity index (χ1n) is 21.9. The molecule has 5 aliphatic heterocycles. The maximum atomic E-state index is 13.6. The highest BCUT2D eigenvalue weighted by atomic mass is 32.2. The number of nitrogens with one attached hydrogen (secondary N) is 2. The van der Waals surface area contributed by atoms with Crippen LogP contribution in [-0.2, 0) is 42.9 Å². The largest absolute Gasteiger partial charge is 0.474 e. The molecule has 63 heavy (non-hydrogen) atoms. The number of carbonyl (C=O) groups excluding carboxylic acids is 3. The zero-order valence-corrected chi connectivity index (χ0v) is 37.1. The molecule has 0 bridgehead atoms. The number of piperidine rings is 2. The molecule has 3 fully saturated rings. The second-order valence-electron chi connectivity index (χ2n) is 18.3. The maximum Gasteiger partial charge on any atom is 0.415 e. The van der Waals surface area contributed by atoms with Crippen LogP contribution in [0.4, 0.5) is 33.5 Å². The predicted octanol–water partition coefficient (Wildman–Crippen LogP) is 5.41. The average molecular weight is 878 g/mol. The third-order valence-corrected chi connectivity index (χ3v) is 15.0. The van der Waals surface area contributed by atoms with Crippen molar-refractivity contribution in [3.63, 3.8) is 0 Å². The molecule has 5 aliphatic rings. The van der Waals surface area contributed by atoms with Crippen molar-refractivity contribution in [2.45, 2.75) is 94.9 Å². The summed E-state index contributed by atoms with van der Waals surface area (Å²) in [5, 5.41) is 5.36. The Kier molecular flexibility index (Phi) is 11.5. The number of benzene rings is 2. The highest BCUT2D eigenvalue weighted by Crippen LogP contribution is 2.40. The summed E-state index contributed by atoms with van der Waals surface area (Å²) in [5.41, 5.74) is 7.24. The number of rotatable bonds is 9. The first kappa shape index (κ1) is 42.5. The zero-order valence-electron chi connectivity index (χ0n) is 36.3. The van der Waals surface area contributed by atoms with Gasteiger partial charge in [-0.05, 0) is 107 Å². The number of ether oxygens (including phenoxy) is 2. The van der Waals surface area contributed by atoms with Gasteiger partial charge >= 0.3 is 6.09 Å². The fourth-order valence-corrected chi connectivity index (χ4v) is 11.1. The third-order valence-electron chi connectivity index (χ3n) is 12.8. The number of nitrogens with zero attached hydrogens (tertiary/aromatic N) is 7. The van der Waals surface area contributed by atoms with Crippen LogP contribution in [0.1, 0.15) is 80.3 Å². The monoisotopic (exact) mass is 877 g/mol. The Morgan fingerprint density at radius 1 is 0.921 bits per heavy atom. The summed E-state index contributed by atoms with van der Waals surface area (Å²) in [4.78, 5) is 59.6. The summed E-state index contributed by atoms with van der Waals surface area (Å²) in [7, 11) is -3.35. The van der Waals surface area contributed by atoms with E-state index in [1.807, 2.05) is 82.4 Å². The molecule has 4 aromatic rings. The van der Waals surface area contributed by atoms with Crippen LogP contribution >= 0.6 is 0 Å². The van der Waals surface area contributed by atoms with Gasteiger partial charge in [-0.1, -0.05) is 24.3 Å². The average Bonchev–Trinajstić information content (AvgIpc) is 3.23. The van der Waals surface area contributed by atoms with Crippen molar-refractivity contribution in [1.29, 1.82) is 0 Å². The maximum absolute atomic E-state index is 13.6. The molecule has 16 nitrogen and oxygen atoms in total. The van der Waals surface area contributed by atoms with Crippen molar-refractivity contribution in [3.05, 3.63) is 88.9 Å². The second-order valence-corrected chi connectivity index (χ2v) is 20.5. The summed E-state index contributed by atoms with van der Waals surface area (Å²) >= 11 is 0. The van der Waals surface area contributed by atoms with E-state index in [9.17, 15) is 22.8 Å². The number of pyridine rings is 1. The van der Waals surface area contributed by atoms with Crippen molar-refractivity contribution >= 4 is 56.4 Å². The summed E-state index contributed by atoms with van der Waals surface area (Å²) in [6.07, 6.45) is 6.10. The summed E-state index contributed by atoms with van der Waals surface area (Å²) in [5.74, 6) is 0.131. The molecule has 0 aliphatic carbocycles. The van der Waals surface area contributed by atoms with Crippen LogP contribution in [0, 0.1) is 6.92 Å². The lowest BCUT2D eigenvalue weighted by molar-refractivity contribution is -0.134. The van der Waals surface area contributed by atoms with Crippen molar-refractivity contribution in [3.8, 4) is 5.88 Å². The van der Waals surface area contributed by atoms with Gasteiger partial charge in [0.25, 0.3) is 0 Å². The second kappa shape index (κ2) is 17.1. The third kappa shape index (κ3) is 9.16. The van der Waals surface area contributed by atoms with Gasteiger partial charge in [0.05, 0.1) is 47.6 Å². The topological polar surface area (TPSA) is 179 Å². The number of amides is 3. The molecule has 9 rings (SSSR count). The first-order valence-corrected chi connectivity index (χ1v) is 23.6. The van der Waals surface area contributed by atoms with E-state index in [1.165, 1.54) is 0 Å². The van der Waals surface area contributed by atoms with Crippen molar-refractivity contribution < 1.29 is 32.3 Å². The van der Waals surface area contributed by atoms with E-state index in [2.05, 4.69) is 35.3 Å². The molecule has 2 aromatic carbocycles. The molecule has 332 valence electrons. The Labute approximate surface area is 368 Å². The van der Waals surface area contributed by atoms with E-state index in [4.69, 9.17) is 14.5 Å². The van der Waals surface area contributed by atoms with Gasteiger partial charge in [-0.15, -0.1) is 0 Å². The van der Waals surface area contributed by atoms with Crippen LogP contribution in [0.2, 0.25) is 0 Å². The number of fused-ring (bicyclic) bond motifs is 2. The molecule has 1 unspecified atom stereocenters. The van der Waals surface area contributed by atoms with Crippen molar-refractivity contribution in [2.24, 2.45) is 0 Å². The number of aromatic nitrogens is 3. The molecule has 0 radical (unpaired) electrons. The molecular weight excluding hydrogens is 823 g/mol. The standard InChI is InChI=1S/C46H55N9O7S/c1-29-39(24-47-43-41(29)55(21-22-61-43)45(58)62-46(2,3)4)53-18-15-32-23-48-44(50-38(32)27-53)49-33-9-5-30(6-10-33)28-63(59,60)36-16-19-52(20-17-36)35-25-54(26-35)34-11-7-31(8-12-34)37-13-14-40(56)51-42(37)57/h5-12,23-24,35-37H,13-22,25-28H2,1-4H3,(H,48,49,50)(H,51,56,57). The molecule has 0 spiro atoms. The van der Waals surface area contributed by atoms with Crippen LogP contribution in [0.25, 0.3) is 0 Å². The molecule has 2 aromatic heterocycles. The highest BCUT2D eigenvalue weighted by molar-refractivity contribution is 7.91. The zero-order chi connectivity index (χ0) is 44.0. The van der Waals surface area contributed by atoms with E-state index < -0.39 is 21.5 Å². The van der Waals surface area contributed by atoms with Crippen LogP contribution < -0.4 is 30.1 Å². The van der Waals surface area contributed by atoms with Gasteiger partial charge in [0.15, 0.2) is 9.84 Å². The van der Waals surface area contributed by atoms with Crippen LogP contribution in [0.5, 0.6) is 5.88 Å².